The molecule has 20 heavy (non-hydrogen) atoms. The van der Waals surface area contributed by atoms with Crippen LogP contribution in [0.5, 0.6) is 0 Å². The van der Waals surface area contributed by atoms with Crippen LogP contribution in [0.25, 0.3) is 0 Å². The van der Waals surface area contributed by atoms with Crippen LogP contribution in [0.15, 0.2) is 12.7 Å². The third-order valence-corrected chi connectivity index (χ3v) is 2.31. The van der Waals surface area contributed by atoms with Gasteiger partial charge >= 0.3 is 12.0 Å². The third kappa shape index (κ3) is 12.4. The number of hydrogen-bond acceptors (Lipinski definition) is 4. The van der Waals surface area contributed by atoms with Crippen molar-refractivity contribution < 1.29 is 19.1 Å². The maximum atomic E-state index is 11.3. The van der Waals surface area contributed by atoms with Crippen LogP contribution in [0.4, 0.5) is 4.79 Å². The summed E-state index contributed by atoms with van der Waals surface area (Å²) in [4.78, 5) is 32.6. The zero-order chi connectivity index (χ0) is 15.2. The first-order valence-corrected chi connectivity index (χ1v) is 6.61. The second-order valence-electron chi connectivity index (χ2n) is 4.10. The highest BCUT2D eigenvalue weighted by Gasteiger charge is 2.00. The molecule has 0 heterocycles. The van der Waals surface area contributed by atoms with E-state index in [-0.39, 0.29) is 25.1 Å². The summed E-state index contributed by atoms with van der Waals surface area (Å²) in [5.74, 6) is -0.536. The van der Waals surface area contributed by atoms with E-state index in [0.717, 1.165) is 25.3 Å². The largest absolute Gasteiger partial charge is 0.461 e. The van der Waals surface area contributed by atoms with E-state index in [1.165, 1.54) is 6.92 Å². The molecule has 0 aromatic heterocycles. The number of esters is 1. The number of unbranched alkanes of at least 4 members (excludes halogenated alkanes) is 2. The average Bonchev–Trinajstić information content (AvgIpc) is 2.41. The lowest BCUT2D eigenvalue weighted by Crippen LogP contribution is -2.38. The molecule has 0 aliphatic carbocycles. The van der Waals surface area contributed by atoms with Gasteiger partial charge in [0.05, 0.1) is 6.54 Å². The minimum atomic E-state index is -0.508. The van der Waals surface area contributed by atoms with E-state index in [0.29, 0.717) is 13.1 Å². The van der Waals surface area contributed by atoms with Crippen LogP contribution < -0.4 is 16.0 Å². The molecule has 0 spiro atoms. The molecule has 0 saturated heterocycles. The molecule has 0 aliphatic rings. The molecule has 0 unspecified atom stereocenters. The highest BCUT2D eigenvalue weighted by atomic mass is 16.5. The number of rotatable bonds is 10. The van der Waals surface area contributed by atoms with Crippen LogP contribution in [-0.4, -0.2) is 44.1 Å². The number of hydrogen-bond donors (Lipinski definition) is 3. The van der Waals surface area contributed by atoms with Crippen LogP contribution in [0.2, 0.25) is 0 Å². The fourth-order valence-electron chi connectivity index (χ4n) is 1.33. The highest BCUT2D eigenvalue weighted by molar-refractivity contribution is 5.81. The molecule has 0 saturated carbocycles. The van der Waals surface area contributed by atoms with Gasteiger partial charge in [0, 0.05) is 26.1 Å². The topological polar surface area (TPSA) is 96.5 Å². The maximum absolute atomic E-state index is 11.3. The number of urea groups is 1. The van der Waals surface area contributed by atoms with Gasteiger partial charge in [-0.1, -0.05) is 6.58 Å². The summed E-state index contributed by atoms with van der Waals surface area (Å²) < 4.78 is 4.70. The molecular formula is C13H23N3O4. The van der Waals surface area contributed by atoms with Crippen LogP contribution in [0, 0.1) is 0 Å². The summed E-state index contributed by atoms with van der Waals surface area (Å²) in [6.07, 6.45) is 3.73. The van der Waals surface area contributed by atoms with E-state index in [4.69, 9.17) is 4.74 Å². The molecule has 0 bridgehead atoms. The molecular weight excluding hydrogens is 262 g/mol. The van der Waals surface area contributed by atoms with Gasteiger partial charge in [-0.15, -0.1) is 0 Å². The average molecular weight is 285 g/mol. The lowest BCUT2D eigenvalue weighted by molar-refractivity contribution is -0.137. The number of nitrogens with one attached hydrogen (secondary N) is 3. The van der Waals surface area contributed by atoms with Gasteiger partial charge in [-0.05, 0) is 19.3 Å². The molecule has 0 aromatic rings. The van der Waals surface area contributed by atoms with E-state index in [2.05, 4.69) is 22.5 Å². The minimum Gasteiger partial charge on any atom is -0.461 e. The van der Waals surface area contributed by atoms with Crippen molar-refractivity contribution in [1.29, 1.82) is 0 Å². The van der Waals surface area contributed by atoms with Crippen molar-refractivity contribution >= 4 is 17.9 Å². The molecule has 7 nitrogen and oxygen atoms in total. The lowest BCUT2D eigenvalue weighted by atomic mass is 10.2. The summed E-state index contributed by atoms with van der Waals surface area (Å²) in [5, 5.41) is 7.95. The van der Waals surface area contributed by atoms with Gasteiger partial charge in [0.2, 0.25) is 5.91 Å². The fourth-order valence-corrected chi connectivity index (χ4v) is 1.33. The van der Waals surface area contributed by atoms with Crippen molar-refractivity contribution in [3.8, 4) is 0 Å². The quantitative estimate of drug-likeness (QED) is 0.306. The van der Waals surface area contributed by atoms with Crippen molar-refractivity contribution in [2.45, 2.75) is 26.2 Å². The molecule has 3 amide bonds. The SMILES string of the molecule is C=CC(=O)OCCNC(=O)NCCCCCNC(C)=O. The second kappa shape index (κ2) is 12.0. The Bertz CT molecular complexity index is 332. The summed E-state index contributed by atoms with van der Waals surface area (Å²) in [5.41, 5.74) is 0. The van der Waals surface area contributed by atoms with Crippen molar-refractivity contribution in [3.63, 3.8) is 0 Å². The van der Waals surface area contributed by atoms with E-state index in [1.807, 2.05) is 0 Å². The van der Waals surface area contributed by atoms with Crippen LogP contribution in [0.3, 0.4) is 0 Å². The first-order valence-electron chi connectivity index (χ1n) is 6.61. The predicted molar refractivity (Wildman–Crippen MR) is 75.1 cm³/mol. The van der Waals surface area contributed by atoms with Gasteiger partial charge in [0.25, 0.3) is 0 Å². The maximum Gasteiger partial charge on any atom is 0.330 e. The number of carbonyl (C=O) groups excluding carboxylic acids is 3. The Kier molecular flexibility index (Phi) is 10.8. The number of amides is 3. The summed E-state index contributed by atoms with van der Waals surface area (Å²) in [7, 11) is 0. The first-order chi connectivity index (χ1) is 9.56. The Labute approximate surface area is 119 Å². The molecule has 0 fully saturated rings. The molecule has 0 rings (SSSR count). The second-order valence-corrected chi connectivity index (χ2v) is 4.10. The molecule has 0 aliphatic heterocycles. The predicted octanol–water partition coefficient (Wildman–Crippen LogP) is 0.321. The number of ether oxygens (including phenoxy) is 1. The van der Waals surface area contributed by atoms with Gasteiger partial charge in [-0.3, -0.25) is 4.79 Å². The Morgan fingerprint density at radius 2 is 1.60 bits per heavy atom. The third-order valence-electron chi connectivity index (χ3n) is 2.31. The standard InChI is InChI=1S/C13H23N3O4/c1-3-12(18)20-10-9-16-13(19)15-8-6-4-5-7-14-11(2)17/h3H,1,4-10H2,2H3,(H,14,17)(H2,15,16,19). The molecule has 0 radical (unpaired) electrons. The Balaban J connectivity index is 3.30. The zero-order valence-electron chi connectivity index (χ0n) is 11.9. The Hall–Kier alpha value is -2.05. The Morgan fingerprint density at radius 3 is 2.20 bits per heavy atom. The van der Waals surface area contributed by atoms with E-state index >= 15 is 0 Å². The molecule has 0 atom stereocenters. The van der Waals surface area contributed by atoms with Gasteiger partial charge in [-0.25, -0.2) is 9.59 Å². The summed E-state index contributed by atoms with van der Waals surface area (Å²) in [6, 6.07) is -0.290. The van der Waals surface area contributed by atoms with Crippen LogP contribution in [-0.2, 0) is 14.3 Å². The van der Waals surface area contributed by atoms with Gasteiger partial charge in [0.1, 0.15) is 6.61 Å². The van der Waals surface area contributed by atoms with Gasteiger partial charge < -0.3 is 20.7 Å². The molecule has 3 N–H and O–H groups in total. The lowest BCUT2D eigenvalue weighted by Gasteiger charge is -2.07. The highest BCUT2D eigenvalue weighted by Crippen LogP contribution is 1.92. The van der Waals surface area contributed by atoms with E-state index < -0.39 is 5.97 Å². The van der Waals surface area contributed by atoms with Crippen molar-refractivity contribution in [3.05, 3.63) is 12.7 Å². The normalized spacial score (nSPS) is 9.45. The minimum absolute atomic E-state index is 0.0281. The van der Waals surface area contributed by atoms with Gasteiger partial charge in [-0.2, -0.15) is 0 Å². The van der Waals surface area contributed by atoms with Crippen molar-refractivity contribution in [2.75, 3.05) is 26.2 Å². The smallest absolute Gasteiger partial charge is 0.330 e. The molecule has 0 aromatic carbocycles. The molecule has 7 heteroatoms. The van der Waals surface area contributed by atoms with Crippen molar-refractivity contribution in [1.82, 2.24) is 16.0 Å². The Morgan fingerprint density at radius 1 is 1.00 bits per heavy atom. The monoisotopic (exact) mass is 285 g/mol. The van der Waals surface area contributed by atoms with Gasteiger partial charge in [0.15, 0.2) is 0 Å². The zero-order valence-corrected chi connectivity index (χ0v) is 11.9. The summed E-state index contributed by atoms with van der Waals surface area (Å²) in [6.45, 7) is 6.35. The number of carbonyl (C=O) groups is 3. The first kappa shape index (κ1) is 17.9. The van der Waals surface area contributed by atoms with Crippen molar-refractivity contribution in [2.24, 2.45) is 0 Å². The fraction of sp³-hybridized carbons (Fsp3) is 0.615. The van der Waals surface area contributed by atoms with E-state index in [1.54, 1.807) is 0 Å². The summed E-state index contributed by atoms with van der Waals surface area (Å²) >= 11 is 0. The molecule has 114 valence electrons. The van der Waals surface area contributed by atoms with Crippen LogP contribution >= 0.6 is 0 Å². The van der Waals surface area contributed by atoms with E-state index in [9.17, 15) is 14.4 Å². The van der Waals surface area contributed by atoms with Crippen LogP contribution in [0.1, 0.15) is 26.2 Å².